The average molecular weight is 331 g/mol. The first-order chi connectivity index (χ1) is 11.4. The number of nitrogens with two attached hydrogens (primary N) is 1. The Morgan fingerprint density at radius 3 is 2.67 bits per heavy atom. The molecule has 24 heavy (non-hydrogen) atoms. The van der Waals surface area contributed by atoms with Gasteiger partial charge in [0.15, 0.2) is 0 Å². The zero-order valence-corrected chi connectivity index (χ0v) is 13.4. The normalized spacial score (nSPS) is 11.8. The van der Waals surface area contributed by atoms with E-state index in [-0.39, 0.29) is 18.0 Å². The van der Waals surface area contributed by atoms with E-state index in [0.29, 0.717) is 11.3 Å². The molecular formula is C18H19F2N3O. The van der Waals surface area contributed by atoms with Gasteiger partial charge in [-0.1, -0.05) is 36.9 Å². The molecule has 0 saturated heterocycles. The van der Waals surface area contributed by atoms with Gasteiger partial charge in [0.1, 0.15) is 12.9 Å². The van der Waals surface area contributed by atoms with Crippen molar-refractivity contribution in [2.45, 2.75) is 19.5 Å². The summed E-state index contributed by atoms with van der Waals surface area (Å²) in [5.41, 5.74) is 8.26. The Kier molecular flexibility index (Phi) is 5.76. The molecule has 0 aliphatic heterocycles. The molecule has 0 radical (unpaired) electrons. The van der Waals surface area contributed by atoms with Crippen LogP contribution < -0.4 is 5.73 Å². The van der Waals surface area contributed by atoms with Gasteiger partial charge in [0.2, 0.25) is 0 Å². The maximum Gasteiger partial charge on any atom is 0.289 e. The third-order valence-corrected chi connectivity index (χ3v) is 3.21. The van der Waals surface area contributed by atoms with E-state index < -0.39 is 12.5 Å². The summed E-state index contributed by atoms with van der Waals surface area (Å²) >= 11 is 0. The molecule has 2 aromatic rings. The van der Waals surface area contributed by atoms with Crippen LogP contribution in [0.4, 0.5) is 14.5 Å². The first-order valence-electron chi connectivity index (χ1n) is 7.34. The number of rotatable bonds is 7. The summed E-state index contributed by atoms with van der Waals surface area (Å²) in [4.78, 5) is 7.90. The predicted octanol–water partition coefficient (Wildman–Crippen LogP) is 3.96. The zero-order valence-electron chi connectivity index (χ0n) is 13.4. The summed E-state index contributed by atoms with van der Waals surface area (Å²) in [5.74, 6) is -3.13. The van der Waals surface area contributed by atoms with Crippen LogP contribution in [-0.4, -0.2) is 22.5 Å². The molecule has 0 aliphatic carbocycles. The van der Waals surface area contributed by atoms with Gasteiger partial charge in [-0.05, 0) is 30.2 Å². The molecule has 0 amide bonds. The first-order valence-corrected chi connectivity index (χ1v) is 7.34. The number of halogens is 2. The molecule has 0 saturated carbocycles. The molecule has 0 atom stereocenters. The monoisotopic (exact) mass is 331 g/mol. The van der Waals surface area contributed by atoms with Gasteiger partial charge in [0.25, 0.3) is 5.92 Å². The van der Waals surface area contributed by atoms with Crippen molar-refractivity contribution in [1.29, 1.82) is 0 Å². The number of nitrogen functional groups attached to an aromatic ring is 1. The quantitative estimate of drug-likeness (QED) is 0.834. The molecule has 0 aliphatic rings. The van der Waals surface area contributed by atoms with Crippen LogP contribution in [0, 0.1) is 0 Å². The third-order valence-electron chi connectivity index (χ3n) is 3.21. The zero-order chi connectivity index (χ0) is 17.6. The van der Waals surface area contributed by atoms with Crippen LogP contribution in [0.25, 0.3) is 11.6 Å². The smallest absolute Gasteiger partial charge is 0.289 e. The van der Waals surface area contributed by atoms with Gasteiger partial charge >= 0.3 is 0 Å². The molecule has 1 aromatic carbocycles. The van der Waals surface area contributed by atoms with E-state index in [1.54, 1.807) is 6.92 Å². The number of benzene rings is 1. The van der Waals surface area contributed by atoms with Gasteiger partial charge in [0, 0.05) is 0 Å². The predicted molar refractivity (Wildman–Crippen MR) is 91.2 cm³/mol. The second kappa shape index (κ2) is 7.79. The van der Waals surface area contributed by atoms with Crippen LogP contribution in [-0.2, 0) is 11.3 Å². The van der Waals surface area contributed by atoms with E-state index in [2.05, 4.69) is 16.5 Å². The lowest BCUT2D eigenvalue weighted by Crippen LogP contribution is -2.20. The highest BCUT2D eigenvalue weighted by molar-refractivity contribution is 5.75. The molecule has 6 heteroatoms. The second-order valence-corrected chi connectivity index (χ2v) is 5.37. The summed E-state index contributed by atoms with van der Waals surface area (Å²) in [6.45, 7) is 4.88. The van der Waals surface area contributed by atoms with Crippen molar-refractivity contribution in [2.75, 3.05) is 12.3 Å². The first kappa shape index (κ1) is 17.7. The lowest BCUT2D eigenvalue weighted by atomic mass is 10.1. The molecule has 2 rings (SSSR count). The number of aromatic nitrogens is 2. The highest BCUT2D eigenvalue weighted by Crippen LogP contribution is 2.23. The van der Waals surface area contributed by atoms with Gasteiger partial charge in [-0.15, -0.1) is 0 Å². The van der Waals surface area contributed by atoms with Crippen molar-refractivity contribution in [3.05, 3.63) is 66.3 Å². The standard InChI is InChI=1S/C18H19F2N3O/c1-13(2)17-16(21)15(22-12-23-17)8-9-18(19,20)11-24-10-14-6-4-3-5-7-14/h3-9,12H,1,10-11,21H2,2H3/b9-8+. The highest BCUT2D eigenvalue weighted by atomic mass is 19.3. The highest BCUT2D eigenvalue weighted by Gasteiger charge is 2.25. The number of hydrogen-bond acceptors (Lipinski definition) is 4. The van der Waals surface area contributed by atoms with E-state index in [0.717, 1.165) is 11.6 Å². The molecular weight excluding hydrogens is 312 g/mol. The van der Waals surface area contributed by atoms with Crippen molar-refractivity contribution < 1.29 is 13.5 Å². The Bertz CT molecular complexity index is 730. The van der Waals surface area contributed by atoms with Crippen LogP contribution >= 0.6 is 0 Å². The molecule has 0 bridgehead atoms. The Morgan fingerprint density at radius 1 is 1.29 bits per heavy atom. The van der Waals surface area contributed by atoms with Gasteiger partial charge < -0.3 is 10.5 Å². The van der Waals surface area contributed by atoms with Crippen molar-refractivity contribution in [3.8, 4) is 0 Å². The van der Waals surface area contributed by atoms with Crippen molar-refractivity contribution in [3.63, 3.8) is 0 Å². The molecule has 2 N–H and O–H groups in total. The minimum atomic E-state index is -3.13. The minimum absolute atomic E-state index is 0.125. The van der Waals surface area contributed by atoms with Crippen LogP contribution in [0.1, 0.15) is 23.9 Å². The molecule has 0 fully saturated rings. The fourth-order valence-electron chi connectivity index (χ4n) is 2.01. The van der Waals surface area contributed by atoms with E-state index >= 15 is 0 Å². The third kappa shape index (κ3) is 4.96. The molecule has 4 nitrogen and oxygen atoms in total. The van der Waals surface area contributed by atoms with Crippen LogP contribution in [0.3, 0.4) is 0 Å². The van der Waals surface area contributed by atoms with Gasteiger partial charge in [-0.2, -0.15) is 8.78 Å². The molecule has 1 aromatic heterocycles. The summed E-state index contributed by atoms with van der Waals surface area (Å²) in [6.07, 6.45) is 3.18. The number of hydrogen-bond donors (Lipinski definition) is 1. The molecule has 126 valence electrons. The van der Waals surface area contributed by atoms with E-state index in [1.165, 1.54) is 12.4 Å². The summed E-state index contributed by atoms with van der Waals surface area (Å²) in [5, 5.41) is 0. The summed E-state index contributed by atoms with van der Waals surface area (Å²) in [7, 11) is 0. The van der Waals surface area contributed by atoms with E-state index in [9.17, 15) is 8.78 Å². The van der Waals surface area contributed by atoms with Gasteiger partial charge in [-0.25, -0.2) is 9.97 Å². The Labute approximate surface area is 139 Å². The van der Waals surface area contributed by atoms with Gasteiger partial charge in [-0.3, -0.25) is 0 Å². The number of allylic oxidation sites excluding steroid dienone is 1. The number of ether oxygens (including phenoxy) is 1. The molecule has 0 unspecified atom stereocenters. The molecule has 1 heterocycles. The van der Waals surface area contributed by atoms with Crippen LogP contribution in [0.15, 0.2) is 49.3 Å². The van der Waals surface area contributed by atoms with Crippen LogP contribution in [0.5, 0.6) is 0 Å². The number of nitrogens with zero attached hydrogens (tertiary/aromatic N) is 2. The Morgan fingerprint density at radius 2 is 2.00 bits per heavy atom. The van der Waals surface area contributed by atoms with Crippen molar-refractivity contribution in [2.24, 2.45) is 0 Å². The second-order valence-electron chi connectivity index (χ2n) is 5.37. The fraction of sp³-hybridized carbons (Fsp3) is 0.222. The SMILES string of the molecule is C=C(C)c1ncnc(/C=C/C(F)(F)COCc2ccccc2)c1N. The van der Waals surface area contributed by atoms with E-state index in [4.69, 9.17) is 10.5 Å². The van der Waals surface area contributed by atoms with Crippen molar-refractivity contribution in [1.82, 2.24) is 9.97 Å². The topological polar surface area (TPSA) is 61.0 Å². The Hall–Kier alpha value is -2.60. The lowest BCUT2D eigenvalue weighted by Gasteiger charge is -2.13. The molecule has 0 spiro atoms. The van der Waals surface area contributed by atoms with E-state index in [1.807, 2.05) is 30.3 Å². The lowest BCUT2D eigenvalue weighted by molar-refractivity contribution is -0.0451. The largest absolute Gasteiger partial charge is 0.395 e. The van der Waals surface area contributed by atoms with Crippen molar-refractivity contribution >= 4 is 17.3 Å². The van der Waals surface area contributed by atoms with Crippen LogP contribution in [0.2, 0.25) is 0 Å². The minimum Gasteiger partial charge on any atom is -0.395 e. The number of anilines is 1. The maximum atomic E-state index is 13.9. The summed E-state index contributed by atoms with van der Waals surface area (Å²) in [6, 6.07) is 9.14. The summed E-state index contributed by atoms with van der Waals surface area (Å²) < 4.78 is 32.9. The van der Waals surface area contributed by atoms with Gasteiger partial charge in [0.05, 0.1) is 23.7 Å². The maximum absolute atomic E-state index is 13.9. The average Bonchev–Trinajstić information content (AvgIpc) is 2.54. The Balaban J connectivity index is 1.99. The number of alkyl halides is 2. The fourth-order valence-corrected chi connectivity index (χ4v) is 2.01.